The second kappa shape index (κ2) is 8.15. The third-order valence-corrected chi connectivity index (χ3v) is 4.27. The maximum atomic E-state index is 12.1. The van der Waals surface area contributed by atoms with Crippen molar-refractivity contribution in [2.75, 3.05) is 13.1 Å². The molecule has 0 spiro atoms. The molecule has 0 unspecified atom stereocenters. The van der Waals surface area contributed by atoms with Crippen LogP contribution in [0.15, 0.2) is 24.3 Å². The summed E-state index contributed by atoms with van der Waals surface area (Å²) in [5.74, 6) is 0.147. The number of carbonyl (C=O) groups excluding carboxylic acids is 1. The summed E-state index contributed by atoms with van der Waals surface area (Å²) in [7, 11) is 0. The van der Waals surface area contributed by atoms with Crippen LogP contribution in [0, 0.1) is 0 Å². The average molecular weight is 289 g/mol. The third kappa shape index (κ3) is 4.83. The lowest BCUT2D eigenvalue weighted by Gasteiger charge is -2.22. The van der Waals surface area contributed by atoms with Gasteiger partial charge in [0.25, 0.3) is 0 Å². The highest BCUT2D eigenvalue weighted by atomic mass is 16.2. The largest absolute Gasteiger partial charge is 0.352 e. The molecule has 1 saturated carbocycles. The molecule has 116 valence electrons. The third-order valence-electron chi connectivity index (χ3n) is 4.27. The lowest BCUT2D eigenvalue weighted by atomic mass is 10.1. The van der Waals surface area contributed by atoms with E-state index in [1.54, 1.807) is 0 Å². The van der Waals surface area contributed by atoms with E-state index >= 15 is 0 Å². The molecule has 4 heteroatoms. The molecule has 1 amide bonds. The summed E-state index contributed by atoms with van der Waals surface area (Å²) in [6.07, 6.45) is 4.75. The molecule has 1 aliphatic carbocycles. The van der Waals surface area contributed by atoms with Crippen LogP contribution in [0.4, 0.5) is 0 Å². The molecule has 0 saturated heterocycles. The molecule has 1 fully saturated rings. The molecule has 0 aromatic heterocycles. The van der Waals surface area contributed by atoms with E-state index in [9.17, 15) is 4.79 Å². The van der Waals surface area contributed by atoms with Gasteiger partial charge in [0.1, 0.15) is 0 Å². The molecule has 0 aliphatic heterocycles. The number of hydrogen-bond acceptors (Lipinski definition) is 3. The lowest BCUT2D eigenvalue weighted by molar-refractivity contribution is -0.123. The SMILES string of the molecule is CCN(CC(=O)NC1CCCC1)Cc1ccccc1CN. The highest BCUT2D eigenvalue weighted by molar-refractivity contribution is 5.78. The number of benzene rings is 1. The van der Waals surface area contributed by atoms with Crippen LogP contribution in [-0.2, 0) is 17.9 Å². The number of rotatable bonds is 7. The van der Waals surface area contributed by atoms with Crippen molar-refractivity contribution in [3.8, 4) is 0 Å². The van der Waals surface area contributed by atoms with Gasteiger partial charge < -0.3 is 11.1 Å². The first-order valence-electron chi connectivity index (χ1n) is 8.01. The number of nitrogens with zero attached hydrogens (tertiary/aromatic N) is 1. The standard InChI is InChI=1S/C17H27N3O/c1-2-20(12-15-8-4-3-7-14(15)11-18)13-17(21)19-16-9-5-6-10-16/h3-4,7-8,16H,2,5-6,9-13,18H2,1H3,(H,19,21). The maximum absolute atomic E-state index is 12.1. The Morgan fingerprint density at radius 1 is 1.29 bits per heavy atom. The van der Waals surface area contributed by atoms with Crippen molar-refractivity contribution < 1.29 is 4.79 Å². The zero-order valence-electron chi connectivity index (χ0n) is 13.0. The molecule has 1 aliphatic rings. The number of carbonyl (C=O) groups is 1. The molecule has 21 heavy (non-hydrogen) atoms. The molecule has 2 rings (SSSR count). The maximum Gasteiger partial charge on any atom is 0.234 e. The predicted molar refractivity (Wildman–Crippen MR) is 85.7 cm³/mol. The number of nitrogens with one attached hydrogen (secondary N) is 1. The van der Waals surface area contributed by atoms with E-state index < -0.39 is 0 Å². The van der Waals surface area contributed by atoms with Gasteiger partial charge in [-0.1, -0.05) is 44.0 Å². The van der Waals surface area contributed by atoms with Gasteiger partial charge in [0.2, 0.25) is 5.91 Å². The second-order valence-electron chi connectivity index (χ2n) is 5.83. The average Bonchev–Trinajstić information content (AvgIpc) is 2.99. The Bertz CT molecular complexity index is 455. The number of hydrogen-bond donors (Lipinski definition) is 2. The summed E-state index contributed by atoms with van der Waals surface area (Å²) >= 11 is 0. The highest BCUT2D eigenvalue weighted by Crippen LogP contribution is 2.17. The number of nitrogens with two attached hydrogens (primary N) is 1. The van der Waals surface area contributed by atoms with E-state index in [1.165, 1.54) is 18.4 Å². The van der Waals surface area contributed by atoms with Crippen LogP contribution in [0.25, 0.3) is 0 Å². The molecule has 0 heterocycles. The zero-order valence-corrected chi connectivity index (χ0v) is 13.0. The quantitative estimate of drug-likeness (QED) is 0.807. The van der Waals surface area contributed by atoms with E-state index in [-0.39, 0.29) is 5.91 Å². The van der Waals surface area contributed by atoms with Crippen molar-refractivity contribution in [3.63, 3.8) is 0 Å². The molecule has 0 radical (unpaired) electrons. The smallest absolute Gasteiger partial charge is 0.234 e. The summed E-state index contributed by atoms with van der Waals surface area (Å²) in [6, 6.07) is 8.59. The molecule has 0 atom stereocenters. The van der Waals surface area contributed by atoms with Gasteiger partial charge in [-0.3, -0.25) is 9.69 Å². The molecule has 1 aromatic rings. The first-order chi connectivity index (χ1) is 10.2. The van der Waals surface area contributed by atoms with Gasteiger partial charge in [-0.25, -0.2) is 0 Å². The van der Waals surface area contributed by atoms with Crippen molar-refractivity contribution in [1.29, 1.82) is 0 Å². The van der Waals surface area contributed by atoms with Crippen LogP contribution in [0.5, 0.6) is 0 Å². The number of likely N-dealkylation sites (N-methyl/N-ethyl adjacent to an activating group) is 1. The van der Waals surface area contributed by atoms with E-state index in [0.717, 1.165) is 31.5 Å². The van der Waals surface area contributed by atoms with Gasteiger partial charge >= 0.3 is 0 Å². The van der Waals surface area contributed by atoms with Gasteiger partial charge in [0.05, 0.1) is 6.54 Å². The van der Waals surface area contributed by atoms with E-state index in [2.05, 4.69) is 29.3 Å². The first-order valence-corrected chi connectivity index (χ1v) is 8.01. The summed E-state index contributed by atoms with van der Waals surface area (Å²) in [6.45, 7) is 4.74. The van der Waals surface area contributed by atoms with Crippen molar-refractivity contribution in [3.05, 3.63) is 35.4 Å². The molecular formula is C17H27N3O. The van der Waals surface area contributed by atoms with Crippen LogP contribution in [-0.4, -0.2) is 29.9 Å². The monoisotopic (exact) mass is 289 g/mol. The summed E-state index contributed by atoms with van der Waals surface area (Å²) < 4.78 is 0. The van der Waals surface area contributed by atoms with Crippen molar-refractivity contribution >= 4 is 5.91 Å². The fraction of sp³-hybridized carbons (Fsp3) is 0.588. The topological polar surface area (TPSA) is 58.4 Å². The Hall–Kier alpha value is -1.39. The summed E-state index contributed by atoms with van der Waals surface area (Å²) in [5.41, 5.74) is 8.16. The zero-order chi connectivity index (χ0) is 15.1. The number of amides is 1. The highest BCUT2D eigenvalue weighted by Gasteiger charge is 2.18. The summed E-state index contributed by atoms with van der Waals surface area (Å²) in [5, 5.41) is 3.15. The fourth-order valence-corrected chi connectivity index (χ4v) is 2.98. The molecular weight excluding hydrogens is 262 g/mol. The summed E-state index contributed by atoms with van der Waals surface area (Å²) in [4.78, 5) is 14.3. The van der Waals surface area contributed by atoms with Crippen molar-refractivity contribution in [2.45, 2.75) is 51.7 Å². The Balaban J connectivity index is 1.88. The van der Waals surface area contributed by atoms with Crippen LogP contribution < -0.4 is 11.1 Å². The van der Waals surface area contributed by atoms with Crippen LogP contribution in [0.1, 0.15) is 43.7 Å². The molecule has 1 aromatic carbocycles. The van der Waals surface area contributed by atoms with E-state index in [4.69, 9.17) is 5.73 Å². The van der Waals surface area contributed by atoms with Gasteiger partial charge in [0, 0.05) is 19.1 Å². The van der Waals surface area contributed by atoms with Crippen LogP contribution >= 0.6 is 0 Å². The molecule has 3 N–H and O–H groups in total. The minimum atomic E-state index is 0.147. The van der Waals surface area contributed by atoms with Gasteiger partial charge in [-0.2, -0.15) is 0 Å². The Morgan fingerprint density at radius 2 is 1.95 bits per heavy atom. The first kappa shape index (κ1) is 16.0. The van der Waals surface area contributed by atoms with Crippen LogP contribution in [0.2, 0.25) is 0 Å². The van der Waals surface area contributed by atoms with Crippen molar-refractivity contribution in [2.24, 2.45) is 5.73 Å². The molecule has 4 nitrogen and oxygen atoms in total. The lowest BCUT2D eigenvalue weighted by Crippen LogP contribution is -2.41. The predicted octanol–water partition coefficient (Wildman–Crippen LogP) is 2.03. The Kier molecular flexibility index (Phi) is 6.21. The van der Waals surface area contributed by atoms with Gasteiger partial charge in [-0.05, 0) is 30.5 Å². The van der Waals surface area contributed by atoms with Crippen LogP contribution in [0.3, 0.4) is 0 Å². The Morgan fingerprint density at radius 3 is 2.57 bits per heavy atom. The molecule has 0 bridgehead atoms. The van der Waals surface area contributed by atoms with Gasteiger partial charge in [-0.15, -0.1) is 0 Å². The van der Waals surface area contributed by atoms with Crippen molar-refractivity contribution in [1.82, 2.24) is 10.2 Å². The van der Waals surface area contributed by atoms with Gasteiger partial charge in [0.15, 0.2) is 0 Å². The van der Waals surface area contributed by atoms with E-state index in [0.29, 0.717) is 19.1 Å². The minimum Gasteiger partial charge on any atom is -0.352 e. The van der Waals surface area contributed by atoms with E-state index in [1.807, 2.05) is 12.1 Å². The normalized spacial score (nSPS) is 15.6. The minimum absolute atomic E-state index is 0.147. The Labute approximate surface area is 127 Å². The second-order valence-corrected chi connectivity index (χ2v) is 5.83. The fourth-order valence-electron chi connectivity index (χ4n) is 2.98.